The minimum absolute atomic E-state index is 0.152. The van der Waals surface area contributed by atoms with Crippen LogP contribution in [0.4, 0.5) is 16.2 Å². The average molecular weight is 453 g/mol. The molecule has 4 N–H and O–H groups in total. The van der Waals surface area contributed by atoms with Gasteiger partial charge in [0, 0.05) is 6.42 Å². The Labute approximate surface area is 192 Å². The van der Waals surface area contributed by atoms with E-state index in [9.17, 15) is 19.2 Å². The third-order valence-corrected chi connectivity index (χ3v) is 5.44. The van der Waals surface area contributed by atoms with Crippen LogP contribution in [0.25, 0.3) is 0 Å². The fraction of sp³-hybridized carbons (Fsp3) is 0.333. The molecule has 0 aliphatic carbocycles. The molecular weight excluding hydrogens is 424 g/mol. The molecule has 0 radical (unpaired) electrons. The van der Waals surface area contributed by atoms with Crippen molar-refractivity contribution >= 4 is 35.2 Å². The molecule has 4 amide bonds. The standard InChI is InChI=1S/C24H28N4O5/c1-14(2)20-22(30)26-17-11-7-8-12-19(17)28(20)24(33)27-18(13-16-9-5-4-6-10-16)21(29)25-15(3)23(31)32/h4-12,14-15,18,20H,13H2,1-3H3,(H,25,29)(H,26,30)(H,27,33)(H,31,32). The lowest BCUT2D eigenvalue weighted by atomic mass is 9.98. The summed E-state index contributed by atoms with van der Waals surface area (Å²) < 4.78 is 0. The van der Waals surface area contributed by atoms with Crippen LogP contribution < -0.4 is 20.9 Å². The highest BCUT2D eigenvalue weighted by Gasteiger charge is 2.40. The third kappa shape index (κ3) is 5.49. The van der Waals surface area contributed by atoms with E-state index >= 15 is 0 Å². The van der Waals surface area contributed by atoms with Crippen LogP contribution in [-0.4, -0.2) is 47.0 Å². The smallest absolute Gasteiger partial charge is 0.325 e. The van der Waals surface area contributed by atoms with Gasteiger partial charge in [-0.25, -0.2) is 4.79 Å². The van der Waals surface area contributed by atoms with Gasteiger partial charge in [-0.3, -0.25) is 19.3 Å². The monoisotopic (exact) mass is 452 g/mol. The van der Waals surface area contributed by atoms with E-state index in [1.54, 1.807) is 24.3 Å². The number of carbonyl (C=O) groups is 4. The van der Waals surface area contributed by atoms with Gasteiger partial charge < -0.3 is 21.1 Å². The van der Waals surface area contributed by atoms with Gasteiger partial charge in [-0.2, -0.15) is 0 Å². The summed E-state index contributed by atoms with van der Waals surface area (Å²) in [4.78, 5) is 51.8. The molecule has 0 spiro atoms. The van der Waals surface area contributed by atoms with Gasteiger partial charge in [0.05, 0.1) is 11.4 Å². The molecule has 0 saturated heterocycles. The number of rotatable bonds is 7. The summed E-state index contributed by atoms with van der Waals surface area (Å²) in [5, 5.41) is 17.1. The Kier molecular flexibility index (Phi) is 7.32. The van der Waals surface area contributed by atoms with Crippen molar-refractivity contribution in [1.82, 2.24) is 10.6 Å². The summed E-state index contributed by atoms with van der Waals surface area (Å²) in [5.41, 5.74) is 1.81. The minimum atomic E-state index is -1.19. The normalized spacial score (nSPS) is 16.9. The molecule has 9 heteroatoms. The molecule has 9 nitrogen and oxygen atoms in total. The molecule has 3 rings (SSSR count). The van der Waals surface area contributed by atoms with Crippen LogP contribution in [0.3, 0.4) is 0 Å². The Morgan fingerprint density at radius 1 is 1.00 bits per heavy atom. The lowest BCUT2D eigenvalue weighted by Gasteiger charge is -2.39. The molecular formula is C24H28N4O5. The Morgan fingerprint density at radius 3 is 2.27 bits per heavy atom. The number of aliphatic carboxylic acids is 1. The number of carbonyl (C=O) groups excluding carboxylic acids is 3. The molecule has 3 atom stereocenters. The summed E-state index contributed by atoms with van der Waals surface area (Å²) >= 11 is 0. The van der Waals surface area contributed by atoms with Gasteiger partial charge >= 0.3 is 12.0 Å². The molecule has 0 aromatic heterocycles. The molecule has 3 unspecified atom stereocenters. The highest BCUT2D eigenvalue weighted by molar-refractivity contribution is 6.12. The number of urea groups is 1. The number of para-hydroxylation sites is 2. The number of benzene rings is 2. The molecule has 1 heterocycles. The number of carboxylic acid groups (broad SMARTS) is 1. The van der Waals surface area contributed by atoms with Crippen LogP contribution in [0.5, 0.6) is 0 Å². The maximum atomic E-state index is 13.5. The van der Waals surface area contributed by atoms with E-state index < -0.39 is 36.0 Å². The van der Waals surface area contributed by atoms with Crippen molar-refractivity contribution in [3.05, 3.63) is 60.2 Å². The van der Waals surface area contributed by atoms with Crippen molar-refractivity contribution < 1.29 is 24.3 Å². The van der Waals surface area contributed by atoms with Gasteiger partial charge in [0.25, 0.3) is 0 Å². The number of anilines is 2. The topological polar surface area (TPSA) is 128 Å². The molecule has 1 aliphatic rings. The van der Waals surface area contributed by atoms with Crippen LogP contribution in [-0.2, 0) is 20.8 Å². The number of nitrogens with one attached hydrogen (secondary N) is 3. The minimum Gasteiger partial charge on any atom is -0.480 e. The molecule has 1 aliphatic heterocycles. The summed E-state index contributed by atoms with van der Waals surface area (Å²) in [6, 6.07) is 12.5. The van der Waals surface area contributed by atoms with E-state index in [1.807, 2.05) is 44.2 Å². The first-order valence-electron chi connectivity index (χ1n) is 10.8. The summed E-state index contributed by atoms with van der Waals surface area (Å²) in [5.74, 6) is -2.33. The molecule has 0 bridgehead atoms. The second-order valence-electron chi connectivity index (χ2n) is 8.33. The zero-order valence-electron chi connectivity index (χ0n) is 18.7. The number of carboxylic acids is 1. The van der Waals surface area contributed by atoms with Gasteiger partial charge in [0.15, 0.2) is 0 Å². The average Bonchev–Trinajstić information content (AvgIpc) is 2.77. The molecule has 2 aromatic rings. The lowest BCUT2D eigenvalue weighted by Crippen LogP contribution is -2.60. The van der Waals surface area contributed by atoms with Crippen LogP contribution in [0.2, 0.25) is 0 Å². The summed E-state index contributed by atoms with van der Waals surface area (Å²) in [6.07, 6.45) is 0.152. The highest BCUT2D eigenvalue weighted by Crippen LogP contribution is 2.34. The molecule has 0 fully saturated rings. The zero-order chi connectivity index (χ0) is 24.1. The Morgan fingerprint density at radius 2 is 1.64 bits per heavy atom. The summed E-state index contributed by atoms with van der Waals surface area (Å²) in [6.45, 7) is 5.02. The first kappa shape index (κ1) is 23.8. The maximum absolute atomic E-state index is 13.5. The fourth-order valence-electron chi connectivity index (χ4n) is 3.75. The molecule has 174 valence electrons. The molecule has 0 saturated carbocycles. The van der Waals surface area contributed by atoms with E-state index in [4.69, 9.17) is 5.11 Å². The SMILES string of the molecule is CC(NC(=O)C(Cc1ccccc1)NC(=O)N1c2ccccc2NC(=O)C1C(C)C)C(=O)O. The Bertz CT molecular complexity index is 1040. The molecule has 2 aromatic carbocycles. The molecule has 33 heavy (non-hydrogen) atoms. The van der Waals surface area contributed by atoms with Crippen molar-refractivity contribution in [3.63, 3.8) is 0 Å². The van der Waals surface area contributed by atoms with Crippen molar-refractivity contribution in [2.45, 2.75) is 45.3 Å². The van der Waals surface area contributed by atoms with E-state index in [1.165, 1.54) is 11.8 Å². The van der Waals surface area contributed by atoms with E-state index in [0.29, 0.717) is 11.4 Å². The van der Waals surface area contributed by atoms with Gasteiger partial charge in [0.2, 0.25) is 11.8 Å². The number of hydrogen-bond donors (Lipinski definition) is 4. The first-order chi connectivity index (χ1) is 15.7. The van der Waals surface area contributed by atoms with E-state index in [0.717, 1.165) is 5.56 Å². The third-order valence-electron chi connectivity index (χ3n) is 5.44. The Balaban J connectivity index is 1.91. The van der Waals surface area contributed by atoms with Crippen molar-refractivity contribution in [2.75, 3.05) is 10.2 Å². The predicted octanol–water partition coefficient (Wildman–Crippen LogP) is 2.38. The van der Waals surface area contributed by atoms with Gasteiger partial charge in [0.1, 0.15) is 18.1 Å². The first-order valence-corrected chi connectivity index (χ1v) is 10.8. The second-order valence-corrected chi connectivity index (χ2v) is 8.33. The zero-order valence-corrected chi connectivity index (χ0v) is 18.7. The fourth-order valence-corrected chi connectivity index (χ4v) is 3.75. The second kappa shape index (κ2) is 10.2. The number of hydrogen-bond acceptors (Lipinski definition) is 4. The van der Waals surface area contributed by atoms with Gasteiger partial charge in [-0.1, -0.05) is 56.3 Å². The van der Waals surface area contributed by atoms with E-state index in [-0.39, 0.29) is 18.2 Å². The largest absolute Gasteiger partial charge is 0.480 e. The van der Waals surface area contributed by atoms with Crippen molar-refractivity contribution in [3.8, 4) is 0 Å². The quantitative estimate of drug-likeness (QED) is 0.513. The number of amides is 4. The van der Waals surface area contributed by atoms with Gasteiger partial charge in [-0.15, -0.1) is 0 Å². The van der Waals surface area contributed by atoms with Crippen LogP contribution in [0, 0.1) is 5.92 Å². The van der Waals surface area contributed by atoms with Crippen LogP contribution in [0.1, 0.15) is 26.3 Å². The number of nitrogens with zero attached hydrogens (tertiary/aromatic N) is 1. The van der Waals surface area contributed by atoms with Crippen molar-refractivity contribution in [2.24, 2.45) is 5.92 Å². The van der Waals surface area contributed by atoms with Gasteiger partial charge in [-0.05, 0) is 30.5 Å². The number of fused-ring (bicyclic) bond motifs is 1. The lowest BCUT2D eigenvalue weighted by molar-refractivity contribution is -0.141. The van der Waals surface area contributed by atoms with E-state index in [2.05, 4.69) is 16.0 Å². The van der Waals surface area contributed by atoms with Crippen molar-refractivity contribution in [1.29, 1.82) is 0 Å². The maximum Gasteiger partial charge on any atom is 0.325 e. The highest BCUT2D eigenvalue weighted by atomic mass is 16.4. The summed E-state index contributed by atoms with van der Waals surface area (Å²) in [7, 11) is 0. The predicted molar refractivity (Wildman–Crippen MR) is 124 cm³/mol. The van der Waals surface area contributed by atoms with Crippen LogP contribution >= 0.6 is 0 Å². The Hall–Kier alpha value is -3.88. The van der Waals surface area contributed by atoms with Crippen LogP contribution in [0.15, 0.2) is 54.6 Å².